The lowest BCUT2D eigenvalue weighted by Gasteiger charge is -2.17. The number of carbonyl (C=O) groups is 3. The number of nitrogens with one attached hydrogen (secondary N) is 4. The van der Waals surface area contributed by atoms with Crippen molar-refractivity contribution < 1.29 is 34.1 Å². The summed E-state index contributed by atoms with van der Waals surface area (Å²) in [4.78, 5) is 39.5. The van der Waals surface area contributed by atoms with Crippen molar-refractivity contribution in [2.45, 2.75) is 32.4 Å². The number of phenolic OH excluding ortho intramolecular Hbond substituents is 1. The van der Waals surface area contributed by atoms with Gasteiger partial charge in [-0.1, -0.05) is 0 Å². The van der Waals surface area contributed by atoms with Crippen LogP contribution >= 0.6 is 0 Å². The molecule has 0 radical (unpaired) electrons. The van der Waals surface area contributed by atoms with Crippen LogP contribution in [0.1, 0.15) is 30.6 Å². The summed E-state index contributed by atoms with van der Waals surface area (Å²) in [6.07, 6.45) is -0.337. The third kappa shape index (κ3) is 8.20. The number of hydrogen-bond donors (Lipinski definition) is 6. The maximum absolute atomic E-state index is 12.3. The largest absolute Gasteiger partial charge is 0.507 e. The van der Waals surface area contributed by atoms with Gasteiger partial charge in [-0.05, 0) is 32.4 Å². The molecule has 1 aliphatic heterocycles. The summed E-state index contributed by atoms with van der Waals surface area (Å²) in [7, 11) is 0. The van der Waals surface area contributed by atoms with Crippen LogP contribution in [0.3, 0.4) is 0 Å². The minimum Gasteiger partial charge on any atom is -0.507 e. The number of aliphatic carboxylic acids is 1. The molecule has 1 aromatic carbocycles. The molecule has 0 aliphatic carbocycles. The number of aliphatic imine (C=N–C) groups is 1. The van der Waals surface area contributed by atoms with Crippen molar-refractivity contribution in [2.24, 2.45) is 4.99 Å². The molecule has 1 aliphatic rings. The molecule has 0 unspecified atom stereocenters. The highest BCUT2D eigenvalue weighted by Crippen LogP contribution is 2.23. The van der Waals surface area contributed by atoms with Crippen LogP contribution < -0.4 is 26.0 Å². The zero-order valence-corrected chi connectivity index (χ0v) is 18.0. The van der Waals surface area contributed by atoms with E-state index in [1.807, 2.05) is 0 Å². The Morgan fingerprint density at radius 2 is 2.06 bits per heavy atom. The number of carboxylic acids is 1. The Balaban J connectivity index is 1.82. The number of alkyl carbamates (subject to hydrolysis) is 1. The highest BCUT2D eigenvalue weighted by atomic mass is 16.6. The fraction of sp³-hybridized carbons (Fsp3) is 0.500. The molecule has 0 bridgehead atoms. The van der Waals surface area contributed by atoms with Crippen molar-refractivity contribution in [3.05, 3.63) is 23.8 Å². The first-order valence-electron chi connectivity index (χ1n) is 10.2. The van der Waals surface area contributed by atoms with Crippen LogP contribution in [0.4, 0.5) is 4.79 Å². The van der Waals surface area contributed by atoms with Gasteiger partial charge in [0.2, 0.25) is 0 Å². The second-order valence-corrected chi connectivity index (χ2v) is 7.16. The molecule has 1 atom stereocenters. The summed E-state index contributed by atoms with van der Waals surface area (Å²) in [5.74, 6) is -1.29. The molecule has 32 heavy (non-hydrogen) atoms. The lowest BCUT2D eigenvalue weighted by molar-refractivity contribution is -0.139. The number of nitrogens with zero attached hydrogens (tertiary/aromatic N) is 1. The number of ether oxygens (including phenoxy) is 2. The molecule has 1 aromatic rings. The van der Waals surface area contributed by atoms with Gasteiger partial charge in [-0.25, -0.2) is 9.59 Å². The van der Waals surface area contributed by atoms with Crippen molar-refractivity contribution in [2.75, 3.05) is 32.8 Å². The van der Waals surface area contributed by atoms with Gasteiger partial charge in [0.05, 0.1) is 18.2 Å². The first-order valence-corrected chi connectivity index (χ1v) is 10.2. The van der Waals surface area contributed by atoms with E-state index in [9.17, 15) is 24.6 Å². The van der Waals surface area contributed by atoms with Crippen LogP contribution in [-0.4, -0.2) is 79.1 Å². The lowest BCUT2D eigenvalue weighted by Crippen LogP contribution is -2.48. The maximum Gasteiger partial charge on any atom is 0.408 e. The first kappa shape index (κ1) is 24.6. The molecule has 0 aromatic heterocycles. The Labute approximate surface area is 185 Å². The number of carbonyl (C=O) groups excluding carboxylic acids is 2. The highest BCUT2D eigenvalue weighted by Gasteiger charge is 2.23. The van der Waals surface area contributed by atoms with Gasteiger partial charge >= 0.3 is 12.1 Å². The Morgan fingerprint density at radius 1 is 1.28 bits per heavy atom. The van der Waals surface area contributed by atoms with E-state index >= 15 is 0 Å². The van der Waals surface area contributed by atoms with Crippen molar-refractivity contribution in [3.63, 3.8) is 0 Å². The van der Waals surface area contributed by atoms with Gasteiger partial charge < -0.3 is 41.0 Å². The molecule has 0 fully saturated rings. The minimum atomic E-state index is -1.40. The highest BCUT2D eigenvalue weighted by molar-refractivity contribution is 5.97. The molecule has 12 heteroatoms. The minimum absolute atomic E-state index is 0.0647. The van der Waals surface area contributed by atoms with Gasteiger partial charge in [0.15, 0.2) is 5.96 Å². The lowest BCUT2D eigenvalue weighted by atomic mass is 10.1. The Bertz CT molecular complexity index is 844. The van der Waals surface area contributed by atoms with Crippen LogP contribution in [0.15, 0.2) is 23.2 Å². The standard InChI is InChI=1S/C20H29N5O7/c1-12(2)32-20(30)25-15(18(28)29)11-24-17(27)14-5-4-13(10-16(14)26)31-9-8-23-19-21-6-3-7-22-19/h4-5,10,12,15,26H,3,6-9,11H2,1-2H3,(H,24,27)(H,25,30)(H,28,29)(H2,21,22,23)/t15-/m0/s1. The molecular weight excluding hydrogens is 422 g/mol. The van der Waals surface area contributed by atoms with Crippen LogP contribution in [-0.2, 0) is 9.53 Å². The topological polar surface area (TPSA) is 171 Å². The molecule has 6 N–H and O–H groups in total. The third-order valence-electron chi connectivity index (χ3n) is 4.17. The maximum atomic E-state index is 12.3. The number of rotatable bonds is 10. The fourth-order valence-electron chi connectivity index (χ4n) is 2.66. The Morgan fingerprint density at radius 3 is 2.69 bits per heavy atom. The van der Waals surface area contributed by atoms with Gasteiger partial charge in [-0.2, -0.15) is 0 Å². The van der Waals surface area contributed by atoms with E-state index in [0.29, 0.717) is 18.9 Å². The van der Waals surface area contributed by atoms with Crippen molar-refractivity contribution in [1.29, 1.82) is 0 Å². The van der Waals surface area contributed by atoms with Gasteiger partial charge in [0, 0.05) is 25.7 Å². The molecule has 12 nitrogen and oxygen atoms in total. The molecule has 0 spiro atoms. The SMILES string of the molecule is CC(C)OC(=O)N[C@@H](CNC(=O)c1ccc(OCCNC2=NCCCN2)cc1O)C(=O)O. The monoisotopic (exact) mass is 451 g/mol. The quantitative estimate of drug-likeness (QED) is 0.269. The summed E-state index contributed by atoms with van der Waals surface area (Å²) in [5, 5.41) is 30.1. The van der Waals surface area contributed by atoms with Gasteiger partial charge in [-0.3, -0.25) is 9.79 Å². The fourth-order valence-corrected chi connectivity index (χ4v) is 2.66. The number of carboxylic acid groups (broad SMARTS) is 1. The zero-order chi connectivity index (χ0) is 23.5. The number of phenols is 1. The number of guanidine groups is 1. The predicted molar refractivity (Wildman–Crippen MR) is 115 cm³/mol. The number of aromatic hydroxyl groups is 1. The number of benzene rings is 1. The molecule has 2 rings (SSSR count). The van der Waals surface area contributed by atoms with Gasteiger partial charge in [-0.15, -0.1) is 0 Å². The second kappa shape index (κ2) is 12.2. The smallest absolute Gasteiger partial charge is 0.408 e. The Hall–Kier alpha value is -3.70. The third-order valence-corrected chi connectivity index (χ3v) is 4.17. The van der Waals surface area contributed by atoms with E-state index in [-0.39, 0.29) is 11.3 Å². The molecular formula is C20H29N5O7. The Kier molecular flexibility index (Phi) is 9.39. The summed E-state index contributed by atoms with van der Waals surface area (Å²) in [6, 6.07) is 2.76. The van der Waals surface area contributed by atoms with Crippen molar-refractivity contribution >= 4 is 23.9 Å². The van der Waals surface area contributed by atoms with Crippen LogP contribution in [0.5, 0.6) is 11.5 Å². The van der Waals surface area contributed by atoms with Crippen LogP contribution in [0.2, 0.25) is 0 Å². The summed E-state index contributed by atoms with van der Waals surface area (Å²) < 4.78 is 10.4. The normalized spacial score (nSPS) is 13.9. The van der Waals surface area contributed by atoms with E-state index < -0.39 is 36.7 Å². The van der Waals surface area contributed by atoms with Gasteiger partial charge in [0.25, 0.3) is 5.91 Å². The molecule has 0 saturated carbocycles. The molecule has 0 saturated heterocycles. The average Bonchev–Trinajstić information content (AvgIpc) is 2.74. The zero-order valence-electron chi connectivity index (χ0n) is 18.0. The average molecular weight is 451 g/mol. The predicted octanol–water partition coefficient (Wildman–Crippen LogP) is 0.0275. The number of amides is 2. The van der Waals surface area contributed by atoms with Crippen molar-refractivity contribution in [3.8, 4) is 11.5 Å². The van der Waals surface area contributed by atoms with E-state index in [1.54, 1.807) is 13.8 Å². The summed E-state index contributed by atoms with van der Waals surface area (Å²) in [6.45, 7) is 5.29. The number of hydrogen-bond acceptors (Lipinski definition) is 9. The second-order valence-electron chi connectivity index (χ2n) is 7.16. The van der Waals surface area contributed by atoms with E-state index in [4.69, 9.17) is 9.47 Å². The van der Waals surface area contributed by atoms with E-state index in [1.165, 1.54) is 18.2 Å². The first-order chi connectivity index (χ1) is 15.3. The van der Waals surface area contributed by atoms with Crippen LogP contribution in [0, 0.1) is 0 Å². The van der Waals surface area contributed by atoms with Gasteiger partial charge in [0.1, 0.15) is 24.1 Å². The molecule has 1 heterocycles. The molecule has 2 amide bonds. The summed E-state index contributed by atoms with van der Waals surface area (Å²) >= 11 is 0. The van der Waals surface area contributed by atoms with Crippen LogP contribution in [0.25, 0.3) is 0 Å². The summed E-state index contributed by atoms with van der Waals surface area (Å²) in [5.41, 5.74) is -0.0647. The molecule has 176 valence electrons. The van der Waals surface area contributed by atoms with E-state index in [2.05, 4.69) is 26.3 Å². The van der Waals surface area contributed by atoms with E-state index in [0.717, 1.165) is 25.5 Å². The van der Waals surface area contributed by atoms with Crippen molar-refractivity contribution in [1.82, 2.24) is 21.3 Å².